The SMILES string of the molecule is CCCCC(C(=O)CC1CCCCN1)(c1ccccc1)c1ccc(Cl)cc1Cl. The van der Waals surface area contributed by atoms with Crippen molar-refractivity contribution in [1.29, 1.82) is 0 Å². The first-order valence-electron chi connectivity index (χ1n) is 10.4. The molecule has 4 heteroatoms. The molecule has 1 aliphatic rings. The fourth-order valence-corrected chi connectivity index (χ4v) is 4.95. The highest BCUT2D eigenvalue weighted by molar-refractivity contribution is 6.35. The molecule has 1 aliphatic heterocycles. The molecule has 2 unspecified atom stereocenters. The number of nitrogens with one attached hydrogen (secondary N) is 1. The lowest BCUT2D eigenvalue weighted by Crippen LogP contribution is -2.43. The molecule has 0 aliphatic carbocycles. The summed E-state index contributed by atoms with van der Waals surface area (Å²) in [6.45, 7) is 3.15. The van der Waals surface area contributed by atoms with Crippen molar-refractivity contribution in [1.82, 2.24) is 5.32 Å². The van der Waals surface area contributed by atoms with Gasteiger partial charge in [-0.15, -0.1) is 0 Å². The lowest BCUT2D eigenvalue weighted by atomic mass is 9.66. The Morgan fingerprint density at radius 3 is 2.57 bits per heavy atom. The Bertz CT molecular complexity index is 786. The van der Waals surface area contributed by atoms with Gasteiger partial charge in [0.15, 0.2) is 0 Å². The molecule has 1 saturated heterocycles. The number of Topliss-reactive ketones (excluding diaryl/α,β-unsaturated/α-hetero) is 1. The number of hydrogen-bond acceptors (Lipinski definition) is 2. The minimum Gasteiger partial charge on any atom is -0.314 e. The van der Waals surface area contributed by atoms with Gasteiger partial charge in [-0.2, -0.15) is 0 Å². The molecular formula is C24H29Cl2NO. The predicted octanol–water partition coefficient (Wildman–Crippen LogP) is 6.57. The van der Waals surface area contributed by atoms with E-state index in [2.05, 4.69) is 24.4 Å². The zero-order chi connectivity index (χ0) is 20.0. The van der Waals surface area contributed by atoms with Crippen LogP contribution in [0.25, 0.3) is 0 Å². The molecule has 1 N–H and O–H groups in total. The van der Waals surface area contributed by atoms with Gasteiger partial charge in [0.1, 0.15) is 5.78 Å². The molecule has 0 amide bonds. The zero-order valence-electron chi connectivity index (χ0n) is 16.5. The monoisotopic (exact) mass is 417 g/mol. The largest absolute Gasteiger partial charge is 0.314 e. The fraction of sp³-hybridized carbons (Fsp3) is 0.458. The minimum absolute atomic E-state index is 0.246. The molecule has 1 heterocycles. The van der Waals surface area contributed by atoms with E-state index in [9.17, 15) is 4.79 Å². The van der Waals surface area contributed by atoms with Gasteiger partial charge in [0.25, 0.3) is 0 Å². The van der Waals surface area contributed by atoms with Crippen molar-refractivity contribution in [3.63, 3.8) is 0 Å². The predicted molar refractivity (Wildman–Crippen MR) is 118 cm³/mol. The smallest absolute Gasteiger partial charge is 0.149 e. The van der Waals surface area contributed by atoms with Gasteiger partial charge in [-0.05, 0) is 49.1 Å². The van der Waals surface area contributed by atoms with E-state index in [-0.39, 0.29) is 11.8 Å². The summed E-state index contributed by atoms with van der Waals surface area (Å²) in [5, 5.41) is 4.69. The number of unbranched alkanes of at least 4 members (excludes halogenated alkanes) is 1. The standard InChI is InChI=1S/C24H29Cl2NO/c1-2-3-14-24(18-9-5-4-6-10-18,21-13-12-19(25)16-22(21)26)23(28)17-20-11-7-8-15-27-20/h4-6,9-10,12-13,16,20,27H,2-3,7-8,11,14-15,17H2,1H3. The summed E-state index contributed by atoms with van der Waals surface area (Å²) in [6.07, 6.45) is 6.68. The molecule has 2 aromatic carbocycles. The zero-order valence-corrected chi connectivity index (χ0v) is 18.0. The number of carbonyl (C=O) groups excluding carboxylic acids is 1. The third-order valence-electron chi connectivity index (χ3n) is 5.88. The number of piperidine rings is 1. The molecule has 28 heavy (non-hydrogen) atoms. The topological polar surface area (TPSA) is 29.1 Å². The van der Waals surface area contributed by atoms with E-state index >= 15 is 0 Å². The second kappa shape index (κ2) is 9.91. The van der Waals surface area contributed by atoms with Crippen molar-refractivity contribution in [2.45, 2.75) is 63.3 Å². The van der Waals surface area contributed by atoms with Gasteiger partial charge in [-0.3, -0.25) is 4.79 Å². The molecule has 0 aromatic heterocycles. The summed E-state index contributed by atoms with van der Waals surface area (Å²) >= 11 is 12.9. The maximum Gasteiger partial charge on any atom is 0.149 e. The van der Waals surface area contributed by atoms with Crippen LogP contribution < -0.4 is 5.32 Å². The van der Waals surface area contributed by atoms with Gasteiger partial charge in [0, 0.05) is 22.5 Å². The first-order chi connectivity index (χ1) is 13.6. The highest BCUT2D eigenvalue weighted by Crippen LogP contribution is 2.43. The van der Waals surface area contributed by atoms with E-state index in [0.717, 1.165) is 43.4 Å². The first-order valence-corrected chi connectivity index (χ1v) is 11.1. The second-order valence-electron chi connectivity index (χ2n) is 7.77. The summed E-state index contributed by atoms with van der Waals surface area (Å²) < 4.78 is 0. The van der Waals surface area contributed by atoms with Gasteiger partial charge in [-0.1, -0.05) is 85.8 Å². The number of ketones is 1. The van der Waals surface area contributed by atoms with Gasteiger partial charge < -0.3 is 5.32 Å². The van der Waals surface area contributed by atoms with Crippen LogP contribution in [0.1, 0.15) is 63.0 Å². The van der Waals surface area contributed by atoms with Crippen LogP contribution in [0.3, 0.4) is 0 Å². The van der Waals surface area contributed by atoms with Crippen molar-refractivity contribution in [2.24, 2.45) is 0 Å². The minimum atomic E-state index is -0.738. The van der Waals surface area contributed by atoms with Crippen LogP contribution >= 0.6 is 23.2 Å². The van der Waals surface area contributed by atoms with Crippen molar-refractivity contribution < 1.29 is 4.79 Å². The molecule has 0 saturated carbocycles. The van der Waals surface area contributed by atoms with Crippen molar-refractivity contribution in [2.75, 3.05) is 6.54 Å². The van der Waals surface area contributed by atoms with Crippen molar-refractivity contribution >= 4 is 29.0 Å². The lowest BCUT2D eigenvalue weighted by Gasteiger charge is -2.36. The van der Waals surface area contributed by atoms with Crippen LogP contribution in [-0.2, 0) is 10.2 Å². The number of benzene rings is 2. The molecule has 1 fully saturated rings. The molecule has 3 rings (SSSR count). The summed E-state index contributed by atoms with van der Waals surface area (Å²) in [7, 11) is 0. The molecule has 0 bridgehead atoms. The van der Waals surface area contributed by atoms with Gasteiger partial charge >= 0.3 is 0 Å². The van der Waals surface area contributed by atoms with Crippen molar-refractivity contribution in [3.8, 4) is 0 Å². The summed E-state index contributed by atoms with van der Waals surface area (Å²) in [6, 6.07) is 15.9. The molecular weight excluding hydrogens is 389 g/mol. The Morgan fingerprint density at radius 2 is 1.93 bits per heavy atom. The normalized spacial score (nSPS) is 19.2. The first kappa shape index (κ1) is 21.4. The summed E-state index contributed by atoms with van der Waals surface area (Å²) in [4.78, 5) is 13.9. The summed E-state index contributed by atoms with van der Waals surface area (Å²) in [5.41, 5.74) is 1.16. The third kappa shape index (κ3) is 4.62. The average Bonchev–Trinajstić information content (AvgIpc) is 2.71. The van der Waals surface area contributed by atoms with Gasteiger partial charge in [-0.25, -0.2) is 0 Å². The highest BCUT2D eigenvalue weighted by Gasteiger charge is 2.43. The maximum atomic E-state index is 13.9. The number of carbonyl (C=O) groups is 1. The number of hydrogen-bond donors (Lipinski definition) is 1. The van der Waals surface area contributed by atoms with Crippen LogP contribution in [0.5, 0.6) is 0 Å². The quantitative estimate of drug-likeness (QED) is 0.525. The van der Waals surface area contributed by atoms with Gasteiger partial charge in [0.05, 0.1) is 5.41 Å². The molecule has 2 atom stereocenters. The van der Waals surface area contributed by atoms with Crippen LogP contribution in [0.4, 0.5) is 0 Å². The fourth-order valence-electron chi connectivity index (χ4n) is 4.38. The van der Waals surface area contributed by atoms with Crippen LogP contribution in [0.15, 0.2) is 48.5 Å². The highest BCUT2D eigenvalue weighted by atomic mass is 35.5. The van der Waals surface area contributed by atoms with E-state index in [4.69, 9.17) is 23.2 Å². The Hall–Kier alpha value is -1.35. The Labute approximate surface area is 178 Å². The van der Waals surface area contributed by atoms with Crippen molar-refractivity contribution in [3.05, 3.63) is 69.7 Å². The molecule has 2 aromatic rings. The summed E-state index contributed by atoms with van der Waals surface area (Å²) in [5.74, 6) is 0.246. The molecule has 2 nitrogen and oxygen atoms in total. The number of halogens is 2. The lowest BCUT2D eigenvalue weighted by molar-refractivity contribution is -0.124. The van der Waals surface area contributed by atoms with Crippen LogP contribution in [0, 0.1) is 0 Å². The molecule has 0 spiro atoms. The molecule has 150 valence electrons. The number of rotatable bonds is 8. The van der Waals surface area contributed by atoms with E-state index in [1.165, 1.54) is 12.8 Å². The molecule has 0 radical (unpaired) electrons. The van der Waals surface area contributed by atoms with E-state index in [1.807, 2.05) is 30.3 Å². The van der Waals surface area contributed by atoms with Gasteiger partial charge in [0.2, 0.25) is 0 Å². The average molecular weight is 418 g/mol. The maximum absolute atomic E-state index is 13.9. The van der Waals surface area contributed by atoms with Crippen LogP contribution in [0.2, 0.25) is 10.0 Å². The van der Waals surface area contributed by atoms with E-state index < -0.39 is 5.41 Å². The van der Waals surface area contributed by atoms with E-state index in [0.29, 0.717) is 16.5 Å². The Kier molecular flexibility index (Phi) is 7.56. The Morgan fingerprint density at radius 1 is 1.14 bits per heavy atom. The third-order valence-corrected chi connectivity index (χ3v) is 6.43. The van der Waals surface area contributed by atoms with Crippen LogP contribution in [-0.4, -0.2) is 18.4 Å². The second-order valence-corrected chi connectivity index (χ2v) is 8.62. The van der Waals surface area contributed by atoms with E-state index in [1.54, 1.807) is 6.07 Å². The Balaban J connectivity index is 2.10.